The summed E-state index contributed by atoms with van der Waals surface area (Å²) in [6.45, 7) is -0.329. The predicted molar refractivity (Wildman–Crippen MR) is 81.1 cm³/mol. The van der Waals surface area contributed by atoms with Gasteiger partial charge in [0.15, 0.2) is 5.78 Å². The average molecular weight is 368 g/mol. The fourth-order valence-corrected chi connectivity index (χ4v) is 2.09. The van der Waals surface area contributed by atoms with Crippen LogP contribution >= 0.6 is 22.6 Å². The molecular formula is C15H13IO3. The molecule has 0 bridgehead atoms. The van der Waals surface area contributed by atoms with E-state index in [1.165, 1.54) is 0 Å². The molecule has 2 rings (SSSR count). The van der Waals surface area contributed by atoms with Crippen molar-refractivity contribution in [3.8, 4) is 0 Å². The molecule has 1 atom stereocenters. The third kappa shape index (κ3) is 3.40. The van der Waals surface area contributed by atoms with Crippen molar-refractivity contribution in [2.45, 2.75) is 6.10 Å². The van der Waals surface area contributed by atoms with Gasteiger partial charge in [-0.15, -0.1) is 0 Å². The van der Waals surface area contributed by atoms with Gasteiger partial charge in [-0.25, -0.2) is 0 Å². The second-order valence-electron chi connectivity index (χ2n) is 4.16. The summed E-state index contributed by atoms with van der Waals surface area (Å²) in [5, 5.41) is 18.3. The molecule has 0 saturated carbocycles. The van der Waals surface area contributed by atoms with E-state index in [-0.39, 0.29) is 12.4 Å². The van der Waals surface area contributed by atoms with Gasteiger partial charge in [-0.1, -0.05) is 24.3 Å². The predicted octanol–water partition coefficient (Wildman–Crippen LogP) is 2.55. The van der Waals surface area contributed by atoms with E-state index >= 15 is 0 Å². The van der Waals surface area contributed by atoms with Crippen LogP contribution in [-0.2, 0) is 0 Å². The molecule has 0 radical (unpaired) electrons. The molecule has 2 N–H and O–H groups in total. The Morgan fingerprint density at radius 1 is 1.00 bits per heavy atom. The number of carbonyl (C=O) groups excluding carboxylic acids is 1. The van der Waals surface area contributed by atoms with Gasteiger partial charge in [-0.3, -0.25) is 4.79 Å². The molecule has 2 aromatic rings. The number of benzene rings is 2. The molecule has 4 heteroatoms. The highest BCUT2D eigenvalue weighted by Crippen LogP contribution is 2.16. The van der Waals surface area contributed by atoms with Crippen LogP contribution in [0, 0.1) is 3.57 Å². The van der Waals surface area contributed by atoms with Crippen LogP contribution in [-0.4, -0.2) is 22.6 Å². The maximum Gasteiger partial charge on any atom is 0.193 e. The zero-order valence-electron chi connectivity index (χ0n) is 10.1. The van der Waals surface area contributed by atoms with Crippen LogP contribution in [0.1, 0.15) is 27.6 Å². The summed E-state index contributed by atoms with van der Waals surface area (Å²) < 4.78 is 1.08. The Labute approximate surface area is 125 Å². The van der Waals surface area contributed by atoms with Crippen molar-refractivity contribution in [1.29, 1.82) is 0 Å². The first kappa shape index (κ1) is 14.2. The van der Waals surface area contributed by atoms with Crippen molar-refractivity contribution in [1.82, 2.24) is 0 Å². The van der Waals surface area contributed by atoms with Gasteiger partial charge in [0.25, 0.3) is 0 Å². The lowest BCUT2D eigenvalue weighted by molar-refractivity contribution is 0.0955. The molecule has 0 aliphatic heterocycles. The highest BCUT2D eigenvalue weighted by Gasteiger charge is 2.10. The zero-order chi connectivity index (χ0) is 13.8. The summed E-state index contributed by atoms with van der Waals surface area (Å²) in [5.74, 6) is -0.0542. The van der Waals surface area contributed by atoms with Gasteiger partial charge in [0.05, 0.1) is 6.61 Å². The van der Waals surface area contributed by atoms with Crippen LogP contribution in [0.15, 0.2) is 48.5 Å². The Bertz CT molecular complexity index is 561. The number of hydrogen-bond acceptors (Lipinski definition) is 3. The topological polar surface area (TPSA) is 57.5 Å². The van der Waals surface area contributed by atoms with Gasteiger partial charge in [-0.2, -0.15) is 0 Å². The summed E-state index contributed by atoms with van der Waals surface area (Å²) >= 11 is 2.19. The first-order valence-corrected chi connectivity index (χ1v) is 6.89. The Morgan fingerprint density at radius 2 is 1.47 bits per heavy atom. The van der Waals surface area contributed by atoms with Crippen LogP contribution in [0.4, 0.5) is 0 Å². The molecule has 98 valence electrons. The van der Waals surface area contributed by atoms with Gasteiger partial charge >= 0.3 is 0 Å². The van der Waals surface area contributed by atoms with Gasteiger partial charge < -0.3 is 10.2 Å². The summed E-state index contributed by atoms with van der Waals surface area (Å²) in [6.07, 6.45) is -0.901. The highest BCUT2D eigenvalue weighted by molar-refractivity contribution is 14.1. The van der Waals surface area contributed by atoms with Crippen molar-refractivity contribution in [3.05, 3.63) is 68.8 Å². The third-order valence-corrected chi connectivity index (χ3v) is 3.56. The zero-order valence-corrected chi connectivity index (χ0v) is 12.2. The van der Waals surface area contributed by atoms with E-state index in [1.54, 1.807) is 36.4 Å². The minimum absolute atomic E-state index is 0.0542. The molecule has 19 heavy (non-hydrogen) atoms. The molecule has 0 heterocycles. The number of carbonyl (C=O) groups is 1. The first-order valence-electron chi connectivity index (χ1n) is 5.81. The van der Waals surface area contributed by atoms with Gasteiger partial charge in [0, 0.05) is 14.7 Å². The second-order valence-corrected chi connectivity index (χ2v) is 5.40. The monoisotopic (exact) mass is 368 g/mol. The van der Waals surface area contributed by atoms with E-state index < -0.39 is 6.10 Å². The first-order chi connectivity index (χ1) is 9.11. The van der Waals surface area contributed by atoms with Crippen molar-refractivity contribution in [2.75, 3.05) is 6.61 Å². The number of rotatable bonds is 4. The fraction of sp³-hybridized carbons (Fsp3) is 0.133. The standard InChI is InChI=1S/C15H13IO3/c16-13-7-5-12(6-8-13)15(19)11-3-1-10(2-4-11)14(18)9-17/h1-8,14,17-18H,9H2/t14-/m0/s1. The van der Waals surface area contributed by atoms with E-state index in [2.05, 4.69) is 22.6 Å². The minimum atomic E-state index is -0.901. The Hall–Kier alpha value is -1.24. The van der Waals surface area contributed by atoms with Crippen LogP contribution in [0.25, 0.3) is 0 Å². The number of ketones is 1. The average Bonchev–Trinajstić information content (AvgIpc) is 2.46. The lowest BCUT2D eigenvalue weighted by atomic mass is 10.0. The molecule has 0 unspecified atom stereocenters. The SMILES string of the molecule is O=C(c1ccc(I)cc1)c1ccc([C@@H](O)CO)cc1. The molecular weight excluding hydrogens is 355 g/mol. The third-order valence-electron chi connectivity index (χ3n) is 2.84. The highest BCUT2D eigenvalue weighted by atomic mass is 127. The lowest BCUT2D eigenvalue weighted by Gasteiger charge is -2.08. The Morgan fingerprint density at radius 3 is 1.95 bits per heavy atom. The number of halogens is 1. The van der Waals surface area contributed by atoms with Crippen LogP contribution < -0.4 is 0 Å². The maximum absolute atomic E-state index is 12.2. The Balaban J connectivity index is 2.22. The molecule has 3 nitrogen and oxygen atoms in total. The van der Waals surface area contributed by atoms with Crippen LogP contribution in [0.5, 0.6) is 0 Å². The normalized spacial score (nSPS) is 12.2. The molecule has 0 aromatic heterocycles. The quantitative estimate of drug-likeness (QED) is 0.644. The summed E-state index contributed by atoms with van der Waals surface area (Å²) in [5.41, 5.74) is 1.80. The molecule has 0 spiro atoms. The second kappa shape index (κ2) is 6.27. The molecule has 2 aromatic carbocycles. The smallest absolute Gasteiger partial charge is 0.193 e. The maximum atomic E-state index is 12.2. The largest absolute Gasteiger partial charge is 0.393 e. The number of hydrogen-bond donors (Lipinski definition) is 2. The molecule has 0 amide bonds. The van der Waals surface area contributed by atoms with Gasteiger partial charge in [0.2, 0.25) is 0 Å². The molecule has 0 aliphatic rings. The van der Waals surface area contributed by atoms with E-state index in [9.17, 15) is 9.90 Å². The molecule has 0 fully saturated rings. The van der Waals surface area contributed by atoms with Gasteiger partial charge in [0.1, 0.15) is 6.10 Å². The van der Waals surface area contributed by atoms with Crippen molar-refractivity contribution in [2.24, 2.45) is 0 Å². The fourth-order valence-electron chi connectivity index (χ4n) is 1.73. The van der Waals surface area contributed by atoms with E-state index in [0.29, 0.717) is 16.7 Å². The van der Waals surface area contributed by atoms with Crippen molar-refractivity contribution >= 4 is 28.4 Å². The van der Waals surface area contributed by atoms with Crippen molar-refractivity contribution in [3.63, 3.8) is 0 Å². The van der Waals surface area contributed by atoms with Gasteiger partial charge in [-0.05, 0) is 52.4 Å². The summed E-state index contributed by atoms with van der Waals surface area (Å²) in [4.78, 5) is 12.2. The number of aliphatic hydroxyl groups excluding tert-OH is 2. The lowest BCUT2D eigenvalue weighted by Crippen LogP contribution is -2.04. The van der Waals surface area contributed by atoms with Crippen LogP contribution in [0.3, 0.4) is 0 Å². The molecule has 0 saturated heterocycles. The van der Waals surface area contributed by atoms with Crippen molar-refractivity contribution < 1.29 is 15.0 Å². The summed E-state index contributed by atoms with van der Waals surface area (Å²) in [6, 6.07) is 14.0. The van der Waals surface area contributed by atoms with E-state index in [0.717, 1.165) is 3.57 Å². The summed E-state index contributed by atoms with van der Waals surface area (Å²) in [7, 11) is 0. The minimum Gasteiger partial charge on any atom is -0.393 e. The van der Waals surface area contributed by atoms with E-state index in [1.807, 2.05) is 12.1 Å². The Kier molecular flexibility index (Phi) is 4.68. The van der Waals surface area contributed by atoms with E-state index in [4.69, 9.17) is 5.11 Å². The molecule has 0 aliphatic carbocycles. The number of aliphatic hydroxyl groups is 2. The van der Waals surface area contributed by atoms with Crippen LogP contribution in [0.2, 0.25) is 0 Å².